The van der Waals surface area contributed by atoms with E-state index in [1.807, 2.05) is 6.07 Å². The second-order valence-corrected chi connectivity index (χ2v) is 3.92. The van der Waals surface area contributed by atoms with Crippen LogP contribution in [0.15, 0.2) is 0 Å². The maximum atomic E-state index is 11.5. The Labute approximate surface area is 99.6 Å². The molecule has 2 amide bonds. The van der Waals surface area contributed by atoms with Crippen LogP contribution in [0.3, 0.4) is 0 Å². The second kappa shape index (κ2) is 6.70. The lowest BCUT2D eigenvalue weighted by Gasteiger charge is -2.23. The molecule has 0 aromatic carbocycles. The van der Waals surface area contributed by atoms with E-state index in [-0.39, 0.29) is 12.5 Å². The largest absolute Gasteiger partial charge is 0.480 e. The molecule has 0 saturated carbocycles. The topological polar surface area (TPSA) is 114 Å². The van der Waals surface area contributed by atoms with Gasteiger partial charge in [0.25, 0.3) is 0 Å². The number of rotatable bonds is 5. The maximum absolute atomic E-state index is 11.5. The van der Waals surface area contributed by atoms with Crippen LogP contribution >= 0.6 is 0 Å². The van der Waals surface area contributed by atoms with Gasteiger partial charge in [0, 0.05) is 13.6 Å². The number of aliphatic hydroxyl groups excluding tert-OH is 1. The molecule has 0 aromatic heterocycles. The highest BCUT2D eigenvalue weighted by atomic mass is 16.4. The van der Waals surface area contributed by atoms with Crippen molar-refractivity contribution in [1.82, 2.24) is 10.2 Å². The number of nitriles is 1. The van der Waals surface area contributed by atoms with Crippen LogP contribution in [0, 0.1) is 17.2 Å². The Morgan fingerprint density at radius 2 is 2.00 bits per heavy atom. The molecule has 0 aromatic rings. The van der Waals surface area contributed by atoms with E-state index < -0.39 is 24.1 Å². The summed E-state index contributed by atoms with van der Waals surface area (Å²) in [6.45, 7) is 3.11. The van der Waals surface area contributed by atoms with Crippen LogP contribution in [0.5, 0.6) is 0 Å². The summed E-state index contributed by atoms with van der Waals surface area (Å²) in [5.41, 5.74) is 0. The Bertz CT molecular complexity index is 324. The van der Waals surface area contributed by atoms with Crippen LogP contribution in [0.1, 0.15) is 13.8 Å². The van der Waals surface area contributed by atoms with Gasteiger partial charge in [-0.3, -0.25) is 0 Å². The Hall–Kier alpha value is -1.81. The summed E-state index contributed by atoms with van der Waals surface area (Å²) in [6, 6.07) is -0.0353. The molecule has 7 heteroatoms. The first kappa shape index (κ1) is 15.2. The molecule has 0 bridgehead atoms. The van der Waals surface area contributed by atoms with Crippen LogP contribution < -0.4 is 5.32 Å². The lowest BCUT2D eigenvalue weighted by molar-refractivity contribution is -0.141. The molecule has 0 fully saturated rings. The van der Waals surface area contributed by atoms with Gasteiger partial charge in [-0.05, 0) is 13.8 Å². The fourth-order valence-corrected chi connectivity index (χ4v) is 1.17. The zero-order chi connectivity index (χ0) is 13.6. The monoisotopic (exact) mass is 243 g/mol. The van der Waals surface area contributed by atoms with Crippen molar-refractivity contribution in [2.45, 2.75) is 26.0 Å². The van der Waals surface area contributed by atoms with Crippen molar-refractivity contribution in [3.05, 3.63) is 0 Å². The average Bonchev–Trinajstić information content (AvgIpc) is 2.23. The van der Waals surface area contributed by atoms with Crippen molar-refractivity contribution in [3.8, 4) is 6.07 Å². The molecule has 3 N–H and O–H groups in total. The minimum absolute atomic E-state index is 0.189. The summed E-state index contributed by atoms with van der Waals surface area (Å²) >= 11 is 0. The quantitative estimate of drug-likeness (QED) is 0.609. The number of nitrogens with zero attached hydrogens (tertiary/aromatic N) is 2. The number of urea groups is 1. The number of carboxylic acids is 1. The highest BCUT2D eigenvalue weighted by Gasteiger charge is 2.26. The zero-order valence-corrected chi connectivity index (χ0v) is 10.0. The lowest BCUT2D eigenvalue weighted by atomic mass is 10.2. The standard InChI is InChI=1S/C10H17N3O4/c1-6(4-11)5-13(3)10(17)12-8(7(2)14)9(15)16/h6-8,14H,5H2,1-3H3,(H,12,17)(H,15,16)/t6?,7-,8+/m1/s1. The summed E-state index contributed by atoms with van der Waals surface area (Å²) in [7, 11) is 1.45. The molecule has 7 nitrogen and oxygen atoms in total. The molecule has 0 radical (unpaired) electrons. The van der Waals surface area contributed by atoms with Gasteiger partial charge < -0.3 is 20.4 Å². The number of hydrogen-bond donors (Lipinski definition) is 3. The van der Waals surface area contributed by atoms with E-state index in [0.29, 0.717) is 0 Å². The van der Waals surface area contributed by atoms with Gasteiger partial charge in [0.15, 0.2) is 6.04 Å². The van der Waals surface area contributed by atoms with Crippen LogP contribution in [0.25, 0.3) is 0 Å². The van der Waals surface area contributed by atoms with Crippen molar-refractivity contribution < 1.29 is 19.8 Å². The highest BCUT2D eigenvalue weighted by Crippen LogP contribution is 1.99. The van der Waals surface area contributed by atoms with Crippen molar-refractivity contribution in [3.63, 3.8) is 0 Å². The van der Waals surface area contributed by atoms with Crippen molar-refractivity contribution in [2.75, 3.05) is 13.6 Å². The number of aliphatic hydroxyl groups is 1. The minimum Gasteiger partial charge on any atom is -0.480 e. The van der Waals surface area contributed by atoms with E-state index in [9.17, 15) is 14.7 Å². The summed E-state index contributed by atoms with van der Waals surface area (Å²) in [6.07, 6.45) is -1.20. The average molecular weight is 243 g/mol. The molecule has 3 atom stereocenters. The molecule has 0 spiro atoms. The minimum atomic E-state index is -1.36. The molecule has 17 heavy (non-hydrogen) atoms. The smallest absolute Gasteiger partial charge is 0.328 e. The molecule has 1 unspecified atom stereocenters. The first-order valence-electron chi connectivity index (χ1n) is 5.11. The fourth-order valence-electron chi connectivity index (χ4n) is 1.17. The first-order chi connectivity index (χ1) is 7.79. The van der Waals surface area contributed by atoms with Crippen LogP contribution in [0.2, 0.25) is 0 Å². The third-order valence-corrected chi connectivity index (χ3v) is 2.14. The summed E-state index contributed by atoms with van der Waals surface area (Å²) < 4.78 is 0. The van der Waals surface area contributed by atoms with Crippen LogP contribution in [-0.2, 0) is 4.79 Å². The Morgan fingerprint density at radius 1 is 1.47 bits per heavy atom. The number of aliphatic carboxylic acids is 1. The molecule has 0 saturated heterocycles. The predicted octanol–water partition coefficient (Wildman–Crippen LogP) is -0.379. The SMILES string of the molecule is CC(C#N)CN(C)C(=O)N[C@H](C(=O)O)[C@@H](C)O. The summed E-state index contributed by atoms with van der Waals surface area (Å²) in [4.78, 5) is 23.5. The third kappa shape index (κ3) is 5.17. The van der Waals surface area contributed by atoms with Crippen molar-refractivity contribution >= 4 is 12.0 Å². The highest BCUT2D eigenvalue weighted by molar-refractivity contribution is 5.82. The number of carboxylic acid groups (broad SMARTS) is 1. The first-order valence-corrected chi connectivity index (χ1v) is 5.11. The van der Waals surface area contributed by atoms with Gasteiger partial charge in [-0.1, -0.05) is 0 Å². The number of nitrogens with one attached hydrogen (secondary N) is 1. The van der Waals surface area contributed by atoms with Gasteiger partial charge in [0.1, 0.15) is 0 Å². The second-order valence-electron chi connectivity index (χ2n) is 3.92. The van der Waals surface area contributed by atoms with E-state index in [2.05, 4.69) is 5.32 Å². The number of amides is 2. The Morgan fingerprint density at radius 3 is 2.35 bits per heavy atom. The molecular formula is C10H17N3O4. The van der Waals surface area contributed by atoms with E-state index in [4.69, 9.17) is 10.4 Å². The Kier molecular flexibility index (Phi) is 5.99. The van der Waals surface area contributed by atoms with Crippen LogP contribution in [-0.4, -0.2) is 52.9 Å². The maximum Gasteiger partial charge on any atom is 0.328 e. The normalized spacial score (nSPS) is 15.2. The zero-order valence-electron chi connectivity index (χ0n) is 10.0. The number of carbonyl (C=O) groups is 2. The van der Waals surface area contributed by atoms with E-state index >= 15 is 0 Å². The van der Waals surface area contributed by atoms with Crippen molar-refractivity contribution in [2.24, 2.45) is 5.92 Å². The van der Waals surface area contributed by atoms with Crippen LogP contribution in [0.4, 0.5) is 4.79 Å². The lowest BCUT2D eigenvalue weighted by Crippen LogP contribution is -2.52. The van der Waals surface area contributed by atoms with Gasteiger partial charge >= 0.3 is 12.0 Å². The van der Waals surface area contributed by atoms with Gasteiger partial charge in [-0.2, -0.15) is 5.26 Å². The molecule has 0 heterocycles. The molecule has 0 aliphatic rings. The molecule has 0 aliphatic carbocycles. The number of carbonyl (C=O) groups excluding carboxylic acids is 1. The molecular weight excluding hydrogens is 226 g/mol. The Balaban J connectivity index is 4.42. The van der Waals surface area contributed by atoms with E-state index in [1.165, 1.54) is 18.9 Å². The molecule has 0 aliphatic heterocycles. The fraction of sp³-hybridized carbons (Fsp3) is 0.700. The van der Waals surface area contributed by atoms with Gasteiger partial charge in [0.05, 0.1) is 18.1 Å². The molecule has 0 rings (SSSR count). The summed E-state index contributed by atoms with van der Waals surface area (Å²) in [5.74, 6) is -1.66. The van der Waals surface area contributed by atoms with Gasteiger partial charge in [-0.15, -0.1) is 0 Å². The van der Waals surface area contributed by atoms with Crippen molar-refractivity contribution in [1.29, 1.82) is 5.26 Å². The third-order valence-electron chi connectivity index (χ3n) is 2.14. The van der Waals surface area contributed by atoms with E-state index in [0.717, 1.165) is 0 Å². The number of hydrogen-bond acceptors (Lipinski definition) is 4. The molecule has 96 valence electrons. The van der Waals surface area contributed by atoms with Gasteiger partial charge in [0.2, 0.25) is 0 Å². The van der Waals surface area contributed by atoms with Gasteiger partial charge in [-0.25, -0.2) is 9.59 Å². The van der Waals surface area contributed by atoms with E-state index in [1.54, 1.807) is 6.92 Å². The summed E-state index contributed by atoms with van der Waals surface area (Å²) in [5, 5.41) is 28.7. The predicted molar refractivity (Wildman–Crippen MR) is 59.0 cm³/mol.